The molecule has 2 N–H and O–H groups in total. The number of benzene rings is 2. The number of nitrogens with one attached hydrogen (secondary N) is 2. The van der Waals surface area contributed by atoms with Crippen LogP contribution in [0.5, 0.6) is 5.75 Å². The van der Waals surface area contributed by atoms with Gasteiger partial charge in [0, 0.05) is 42.9 Å². The van der Waals surface area contributed by atoms with Gasteiger partial charge in [-0.05, 0) is 48.9 Å². The predicted molar refractivity (Wildman–Crippen MR) is 161 cm³/mol. The fourth-order valence-electron chi connectivity index (χ4n) is 3.89. The minimum atomic E-state index is -0.470. The molecule has 0 aliphatic heterocycles. The van der Waals surface area contributed by atoms with Crippen molar-refractivity contribution in [2.24, 2.45) is 0 Å². The molecule has 0 radical (unpaired) electrons. The van der Waals surface area contributed by atoms with Crippen LogP contribution >= 0.6 is 23.2 Å². The highest BCUT2D eigenvalue weighted by atomic mass is 35.5. The first-order chi connectivity index (χ1) is 19.6. The summed E-state index contributed by atoms with van der Waals surface area (Å²) < 4.78 is 6.02. The minimum absolute atomic E-state index is 0.166. The lowest BCUT2D eigenvalue weighted by atomic mass is 10.1. The van der Waals surface area contributed by atoms with Gasteiger partial charge in [-0.3, -0.25) is 19.4 Å². The first-order valence-electron chi connectivity index (χ1n) is 12.5. The number of anilines is 2. The van der Waals surface area contributed by atoms with Gasteiger partial charge in [0.2, 0.25) is 17.7 Å². The quantitative estimate of drug-likeness (QED) is 0.246. The molecule has 210 valence electrons. The molecular formula is C30H27Cl2N5O4. The Labute approximate surface area is 247 Å². The van der Waals surface area contributed by atoms with Crippen molar-refractivity contribution in [3.8, 4) is 5.75 Å². The van der Waals surface area contributed by atoms with Gasteiger partial charge >= 0.3 is 0 Å². The van der Waals surface area contributed by atoms with Gasteiger partial charge in [-0.1, -0.05) is 47.5 Å². The van der Waals surface area contributed by atoms with Crippen LogP contribution in [-0.2, 0) is 21.0 Å². The average Bonchev–Trinajstić information content (AvgIpc) is 2.95. The third kappa shape index (κ3) is 7.59. The monoisotopic (exact) mass is 591 g/mol. The van der Waals surface area contributed by atoms with Crippen molar-refractivity contribution in [2.45, 2.75) is 20.5 Å². The minimum Gasteiger partial charge on any atom is -0.486 e. The zero-order chi connectivity index (χ0) is 29.5. The molecule has 0 aliphatic rings. The fraction of sp³-hybridized carbons (Fsp3) is 0.167. The third-order valence-corrected chi connectivity index (χ3v) is 6.67. The number of fused-ring (bicyclic) bond motifs is 1. The summed E-state index contributed by atoms with van der Waals surface area (Å²) in [4.78, 5) is 46.3. The SMILES string of the molecule is CC(=O)Nc1ccc(/C=C\C(=O)NCC(=O)N(C)c2ccc(Cl)c(OCc3cccc4ccc(C)nc34)c2Cl)cn1. The Kier molecular flexibility index (Phi) is 9.54. The first-order valence-corrected chi connectivity index (χ1v) is 13.3. The molecule has 0 atom stereocenters. The number of amides is 3. The molecule has 2 aromatic heterocycles. The number of hydrogen-bond acceptors (Lipinski definition) is 6. The number of ether oxygens (including phenoxy) is 1. The zero-order valence-corrected chi connectivity index (χ0v) is 24.1. The molecule has 4 aromatic rings. The maximum atomic E-state index is 12.9. The van der Waals surface area contributed by atoms with Crippen LogP contribution in [0, 0.1) is 6.92 Å². The molecule has 0 spiro atoms. The van der Waals surface area contributed by atoms with E-state index in [4.69, 9.17) is 27.9 Å². The van der Waals surface area contributed by atoms with E-state index in [0.29, 0.717) is 22.1 Å². The van der Waals surface area contributed by atoms with E-state index in [2.05, 4.69) is 20.6 Å². The number of aryl methyl sites for hydroxylation is 1. The molecule has 0 fully saturated rings. The molecule has 9 nitrogen and oxygen atoms in total. The Bertz CT molecular complexity index is 1640. The van der Waals surface area contributed by atoms with Crippen LogP contribution in [-0.4, -0.2) is 41.3 Å². The van der Waals surface area contributed by atoms with Gasteiger partial charge in [0.05, 0.1) is 22.8 Å². The Morgan fingerprint density at radius 1 is 1.05 bits per heavy atom. The maximum absolute atomic E-state index is 12.9. The summed E-state index contributed by atoms with van der Waals surface area (Å²) in [7, 11) is 1.54. The van der Waals surface area contributed by atoms with E-state index in [1.807, 2.05) is 37.3 Å². The lowest BCUT2D eigenvalue weighted by molar-refractivity contribution is -0.122. The molecule has 0 unspecified atom stereocenters. The van der Waals surface area contributed by atoms with Crippen LogP contribution in [0.3, 0.4) is 0 Å². The molecule has 0 bridgehead atoms. The van der Waals surface area contributed by atoms with Gasteiger partial charge in [-0.2, -0.15) is 0 Å². The summed E-state index contributed by atoms with van der Waals surface area (Å²) in [6.07, 6.45) is 4.34. The number of carbonyl (C=O) groups is 3. The summed E-state index contributed by atoms with van der Waals surface area (Å²) in [6.45, 7) is 3.21. The van der Waals surface area contributed by atoms with Crippen molar-refractivity contribution in [3.05, 3.63) is 93.7 Å². The number of para-hydroxylation sites is 1. The summed E-state index contributed by atoms with van der Waals surface area (Å²) in [5.41, 5.74) is 3.60. The zero-order valence-electron chi connectivity index (χ0n) is 22.6. The van der Waals surface area contributed by atoms with Crippen molar-refractivity contribution in [2.75, 3.05) is 23.8 Å². The van der Waals surface area contributed by atoms with Crippen LogP contribution in [0.4, 0.5) is 11.5 Å². The van der Waals surface area contributed by atoms with E-state index in [1.54, 1.807) is 37.4 Å². The van der Waals surface area contributed by atoms with Crippen LogP contribution in [0.2, 0.25) is 10.0 Å². The van der Waals surface area contributed by atoms with Gasteiger partial charge in [0.1, 0.15) is 17.4 Å². The van der Waals surface area contributed by atoms with Gasteiger partial charge in [-0.15, -0.1) is 0 Å². The number of aromatic nitrogens is 2. The lowest BCUT2D eigenvalue weighted by Gasteiger charge is -2.21. The second kappa shape index (κ2) is 13.3. The predicted octanol–water partition coefficient (Wildman–Crippen LogP) is 5.57. The van der Waals surface area contributed by atoms with E-state index in [0.717, 1.165) is 22.2 Å². The fourth-order valence-corrected chi connectivity index (χ4v) is 4.50. The number of hydrogen-bond donors (Lipinski definition) is 2. The maximum Gasteiger partial charge on any atom is 0.246 e. The summed E-state index contributed by atoms with van der Waals surface area (Å²) in [5.74, 6) is -0.463. The van der Waals surface area contributed by atoms with E-state index < -0.39 is 11.8 Å². The topological polar surface area (TPSA) is 114 Å². The lowest BCUT2D eigenvalue weighted by Crippen LogP contribution is -2.37. The number of halogens is 2. The largest absolute Gasteiger partial charge is 0.486 e. The third-order valence-electron chi connectivity index (χ3n) is 6.01. The Balaban J connectivity index is 1.38. The highest BCUT2D eigenvalue weighted by Gasteiger charge is 2.20. The highest BCUT2D eigenvalue weighted by molar-refractivity contribution is 6.39. The Morgan fingerprint density at radius 2 is 1.85 bits per heavy atom. The Hall–Kier alpha value is -4.47. The van der Waals surface area contributed by atoms with Crippen molar-refractivity contribution in [1.82, 2.24) is 15.3 Å². The summed E-state index contributed by atoms with van der Waals surface area (Å²) in [6, 6.07) is 16.3. The van der Waals surface area contributed by atoms with Gasteiger partial charge in [-0.25, -0.2) is 4.98 Å². The molecule has 2 heterocycles. The van der Waals surface area contributed by atoms with Gasteiger partial charge in [0.25, 0.3) is 0 Å². The smallest absolute Gasteiger partial charge is 0.246 e. The van der Waals surface area contributed by atoms with Gasteiger partial charge in [0.15, 0.2) is 5.75 Å². The van der Waals surface area contributed by atoms with E-state index in [9.17, 15) is 14.4 Å². The number of nitrogens with zero attached hydrogens (tertiary/aromatic N) is 3. The number of rotatable bonds is 9. The first kappa shape index (κ1) is 29.5. The number of pyridine rings is 2. The molecule has 0 saturated carbocycles. The van der Waals surface area contributed by atoms with E-state index in [1.165, 1.54) is 24.1 Å². The number of carbonyl (C=O) groups excluding carboxylic acids is 3. The Morgan fingerprint density at radius 3 is 2.59 bits per heavy atom. The van der Waals surface area contributed by atoms with Crippen LogP contribution < -0.4 is 20.3 Å². The van der Waals surface area contributed by atoms with Gasteiger partial charge < -0.3 is 20.3 Å². The molecular weight excluding hydrogens is 565 g/mol. The second-order valence-electron chi connectivity index (χ2n) is 9.10. The molecule has 4 rings (SSSR count). The van der Waals surface area contributed by atoms with Crippen molar-refractivity contribution in [1.29, 1.82) is 0 Å². The van der Waals surface area contributed by atoms with Crippen molar-refractivity contribution in [3.63, 3.8) is 0 Å². The van der Waals surface area contributed by atoms with Crippen LogP contribution in [0.15, 0.2) is 66.9 Å². The molecule has 41 heavy (non-hydrogen) atoms. The van der Waals surface area contributed by atoms with E-state index >= 15 is 0 Å². The van der Waals surface area contributed by atoms with Crippen LogP contribution in [0.25, 0.3) is 17.0 Å². The molecule has 3 amide bonds. The molecule has 11 heteroatoms. The molecule has 2 aromatic carbocycles. The average molecular weight is 592 g/mol. The van der Waals surface area contributed by atoms with E-state index in [-0.39, 0.29) is 29.8 Å². The molecule has 0 saturated heterocycles. The number of likely N-dealkylation sites (N-methyl/N-ethyl adjacent to an activating group) is 1. The summed E-state index contributed by atoms with van der Waals surface area (Å²) in [5, 5.41) is 6.56. The standard InChI is InChI=1S/C30H27Cl2N5O4/c1-18-7-10-21-5-4-6-22(29(21)35-18)17-41-30-23(31)11-12-24(28(30)32)37(3)27(40)16-34-26(39)14-9-20-8-13-25(33-15-20)36-19(2)38/h4-15H,16-17H2,1-3H3,(H,34,39)(H,33,36,38)/b14-9-. The second-order valence-corrected chi connectivity index (χ2v) is 9.89. The summed E-state index contributed by atoms with van der Waals surface area (Å²) >= 11 is 13.0. The van der Waals surface area contributed by atoms with Crippen molar-refractivity contribution >= 4 is 69.4 Å². The normalized spacial score (nSPS) is 11.0. The molecule has 0 aliphatic carbocycles. The van der Waals surface area contributed by atoms with Crippen molar-refractivity contribution < 1.29 is 19.1 Å². The van der Waals surface area contributed by atoms with Crippen LogP contribution in [0.1, 0.15) is 23.7 Å². The highest BCUT2D eigenvalue weighted by Crippen LogP contribution is 2.40.